The smallest absolute Gasteiger partial charge is 1.00 e. The van der Waals surface area contributed by atoms with Gasteiger partial charge in [-0.05, 0) is 176 Å². The molecule has 0 aliphatic carbocycles. The van der Waals surface area contributed by atoms with Crippen LogP contribution in [-0.4, -0.2) is 72.8 Å². The van der Waals surface area contributed by atoms with E-state index < -0.39 is 31.3 Å². The number of fused-ring (bicyclic) bond motifs is 8. The zero-order chi connectivity index (χ0) is 105. The van der Waals surface area contributed by atoms with Gasteiger partial charge in [-0.15, -0.1) is 0 Å². The number of benzene rings is 8. The van der Waals surface area contributed by atoms with Crippen LogP contribution in [0.15, 0.2) is 97.1 Å². The zero-order valence-electron chi connectivity index (χ0n) is 97.5. The average molecular weight is 2090 g/mol. The molecule has 16 nitrogen and oxygen atoms in total. The second-order valence-electron chi connectivity index (χ2n) is 55.5. The van der Waals surface area contributed by atoms with Crippen molar-refractivity contribution in [3.8, 4) is 46.0 Å². The molecule has 23 heteroatoms. The standard InChI is InChI=1S/C30H45O4P.3C29H43O4P.Ca.Mg.Zn.2H/c1-27(2,3)21-15-19-14-20-16-22(28(4,5)6)18-24(30(10,11)12)26(20)34-35(31,32-13)33-25(19)23(17-21)29(7,8)9;3*1-26(2,3)20-14-18-13-19-15-21(27(4,5)6)17-23(29(10,11)12)25(19)33-34(30,31)32-24(18)22(16-20)28(7,8)9;;;;;/h15-18H,14H2,1-13H3;3*14-17H,13H2,1-12H3,(H,30,31);;;;;/q;;;;2*+2;;2*-1/p-2. The van der Waals surface area contributed by atoms with Crippen molar-refractivity contribution in [2.45, 2.75) is 445 Å². The molecule has 140 heavy (non-hydrogen) atoms. The molecule has 1 N–H and O–H groups in total. The minimum absolute atomic E-state index is 0. The van der Waals surface area contributed by atoms with E-state index in [2.05, 4.69) is 429 Å². The molecule has 8 aromatic rings. The number of phosphoric ester groups is 4. The molecule has 4 aliphatic heterocycles. The van der Waals surface area contributed by atoms with E-state index in [0.29, 0.717) is 71.7 Å². The predicted molar refractivity (Wildman–Crippen MR) is 580 cm³/mol. The molecule has 0 saturated heterocycles. The van der Waals surface area contributed by atoms with Gasteiger partial charge in [0.05, 0.1) is 0 Å². The molecule has 0 atom stereocenters. The van der Waals surface area contributed by atoms with E-state index in [1.807, 2.05) is 0 Å². The van der Waals surface area contributed by atoms with Crippen LogP contribution in [0, 0.1) is 0 Å². The van der Waals surface area contributed by atoms with Gasteiger partial charge in [0.1, 0.15) is 46.0 Å². The van der Waals surface area contributed by atoms with Crippen LogP contribution in [0.1, 0.15) is 469 Å². The third kappa shape index (κ3) is 30.3. The second-order valence-corrected chi connectivity index (χ2v) is 61.0. The topological polar surface area (TPSA) is 218 Å². The zero-order valence-corrected chi connectivity index (χ0v) is 106. The van der Waals surface area contributed by atoms with Gasteiger partial charge in [-0.1, -0.05) is 429 Å². The molecule has 764 valence electrons. The number of hydrogen-bond acceptors (Lipinski definition) is 15. The van der Waals surface area contributed by atoms with Crippen LogP contribution < -0.4 is 46.0 Å². The molecule has 0 amide bonds. The molecule has 0 fully saturated rings. The minimum Gasteiger partial charge on any atom is -1.00 e. The monoisotopic (exact) mass is 2090 g/mol. The van der Waals surface area contributed by atoms with Crippen LogP contribution in [0.4, 0.5) is 0 Å². The van der Waals surface area contributed by atoms with Gasteiger partial charge in [0.15, 0.2) is 0 Å². The molecule has 0 saturated carbocycles. The maximum absolute atomic E-state index is 14.0. The maximum atomic E-state index is 14.0. The Morgan fingerprint density at radius 1 is 0.229 bits per heavy atom. The Labute approximate surface area is 908 Å². The summed E-state index contributed by atoms with van der Waals surface area (Å²) in [6, 6.07) is 34.1. The summed E-state index contributed by atoms with van der Waals surface area (Å²) in [5.74, 6) is 3.78. The van der Waals surface area contributed by atoms with Gasteiger partial charge in [-0.25, -0.2) is 18.3 Å². The second kappa shape index (κ2) is 41.5. The fourth-order valence-electron chi connectivity index (χ4n) is 17.2. The molecule has 12 rings (SSSR count). The Morgan fingerprint density at radius 3 is 0.450 bits per heavy atom. The molecule has 0 unspecified atom stereocenters. The van der Waals surface area contributed by atoms with E-state index in [-0.39, 0.29) is 170 Å². The normalized spacial score (nSPS) is 16.1. The Kier molecular flexibility index (Phi) is 36.8. The van der Waals surface area contributed by atoms with Gasteiger partial charge in [0.25, 0.3) is 0 Å². The summed E-state index contributed by atoms with van der Waals surface area (Å²) in [5, 5.41) is 0. The van der Waals surface area contributed by atoms with E-state index in [0.717, 1.165) is 111 Å². The van der Waals surface area contributed by atoms with E-state index in [1.54, 1.807) is 0 Å². The summed E-state index contributed by atoms with van der Waals surface area (Å²) in [5.41, 5.74) is 21.3. The molecule has 0 aromatic heterocycles. The number of rotatable bonds is 1. The third-order valence-corrected chi connectivity index (χ3v) is 29.8. The largest absolute Gasteiger partial charge is 2.00 e. The first kappa shape index (κ1) is 124. The first-order valence-electron chi connectivity index (χ1n) is 49.0. The van der Waals surface area contributed by atoms with Crippen LogP contribution >= 0.6 is 31.3 Å². The quantitative estimate of drug-likeness (QED) is 0.119. The Bertz CT molecular complexity index is 5350. The molecular formula is C117H174CaMgO16P4Zn. The van der Waals surface area contributed by atoms with E-state index >= 15 is 0 Å². The van der Waals surface area contributed by atoms with Crippen molar-refractivity contribution >= 4 is 92.1 Å². The molecule has 4 aliphatic rings. The van der Waals surface area contributed by atoms with Crippen molar-refractivity contribution < 1.29 is 96.0 Å². The number of phosphoric acid groups is 4. The average Bonchev–Trinajstić information content (AvgIpc) is 0.752. The fraction of sp³-hybridized carbons (Fsp3) is 0.590. The van der Waals surface area contributed by atoms with E-state index in [1.165, 1.54) is 29.4 Å². The van der Waals surface area contributed by atoms with Crippen molar-refractivity contribution in [2.75, 3.05) is 7.11 Å². The first-order valence-corrected chi connectivity index (χ1v) is 54.9. The molecule has 0 radical (unpaired) electrons. The Balaban J connectivity index is 0.000000390. The predicted octanol–water partition coefficient (Wildman–Crippen LogP) is 32.2. The van der Waals surface area contributed by atoms with Crippen molar-refractivity contribution in [3.05, 3.63) is 231 Å². The fourth-order valence-corrected chi connectivity index (χ4v) is 21.0. The summed E-state index contributed by atoms with van der Waals surface area (Å²) in [4.78, 5) is 37.4. The molecule has 4 heterocycles. The minimum atomic E-state index is -4.68. The van der Waals surface area contributed by atoms with Gasteiger partial charge in [0, 0.05) is 96.8 Å². The van der Waals surface area contributed by atoms with Gasteiger partial charge < -0.3 is 48.8 Å². The summed E-state index contributed by atoms with van der Waals surface area (Å²) >= 11 is 0. The molecule has 8 aromatic carbocycles. The van der Waals surface area contributed by atoms with Crippen molar-refractivity contribution in [2.24, 2.45) is 0 Å². The van der Waals surface area contributed by atoms with E-state index in [4.69, 9.17) is 40.7 Å². The molecule has 0 bridgehead atoms. The van der Waals surface area contributed by atoms with Gasteiger partial charge in [-0.3, -0.25) is 9.42 Å². The molecule has 0 spiro atoms. The van der Waals surface area contributed by atoms with Gasteiger partial charge in [0.2, 0.25) is 0 Å². The Hall–Kier alpha value is -4.43. The summed E-state index contributed by atoms with van der Waals surface area (Å²) in [7, 11) is -16.3. The van der Waals surface area contributed by atoms with Crippen LogP contribution in [0.25, 0.3) is 0 Å². The summed E-state index contributed by atoms with van der Waals surface area (Å²) < 4.78 is 106. The third-order valence-electron chi connectivity index (χ3n) is 26.1. The maximum Gasteiger partial charge on any atom is 2.00 e. The van der Waals surface area contributed by atoms with Crippen molar-refractivity contribution in [1.29, 1.82) is 0 Å². The summed E-state index contributed by atoms with van der Waals surface area (Å²) in [6.07, 6.45) is 2.24. The van der Waals surface area contributed by atoms with Crippen LogP contribution in [0.3, 0.4) is 0 Å². The number of hydrogen-bond donors (Lipinski definition) is 1. The molecular weight excluding hydrogens is 1910 g/mol. The summed E-state index contributed by atoms with van der Waals surface area (Å²) in [6.45, 7) is 103. The SMILES string of the molecule is CC(C)(C)c1cc2c(c(C(C)(C)C)c1)OP(=O)(O)Oc1c(cc(C(C)(C)C)cc1C(C)(C)C)C2.CC(C)(C)c1cc2c(c(C(C)(C)C)c1)OP(=O)([O-])Oc1c(cc(C(C)(C)C)cc1C(C)(C)C)C2.CC(C)(C)c1cc2c(c(C(C)(C)C)c1)OP(=O)([O-])Oc1c(cc(C(C)(C)C)cc1C(C)(C)C)C2.COP1(=O)Oc2c(cc(C(C)(C)C)cc2C(C)(C)C)Cc2cc(C(C)(C)C)cc(C(C)(C)C)c2O1.[Ca+2].[H-].[H-].[Mg+2].[Zn]. The van der Waals surface area contributed by atoms with Crippen LogP contribution in [0.2, 0.25) is 0 Å². The van der Waals surface area contributed by atoms with Crippen LogP contribution in [-0.2, 0) is 155 Å². The van der Waals surface area contributed by atoms with Gasteiger partial charge in [-0.2, -0.15) is 0 Å². The van der Waals surface area contributed by atoms with Crippen LogP contribution in [0.5, 0.6) is 46.0 Å². The van der Waals surface area contributed by atoms with Crippen molar-refractivity contribution in [1.82, 2.24) is 0 Å². The van der Waals surface area contributed by atoms with Crippen molar-refractivity contribution in [3.63, 3.8) is 0 Å². The first-order chi connectivity index (χ1) is 60.9. The Morgan fingerprint density at radius 2 is 0.343 bits per heavy atom. The van der Waals surface area contributed by atoms with E-state index in [9.17, 15) is 32.9 Å². The van der Waals surface area contributed by atoms with Gasteiger partial charge >= 0.3 is 92.1 Å².